The lowest BCUT2D eigenvalue weighted by atomic mass is 9.53. The maximum Gasteiger partial charge on any atom is 0.353 e. The van der Waals surface area contributed by atoms with Gasteiger partial charge in [0.2, 0.25) is 11.6 Å². The summed E-state index contributed by atoms with van der Waals surface area (Å²) in [6.45, 7) is 0. The fraction of sp³-hybridized carbons (Fsp3) is 0.526. The summed E-state index contributed by atoms with van der Waals surface area (Å²) in [5.41, 5.74) is 0.555. The van der Waals surface area contributed by atoms with Crippen LogP contribution in [0.3, 0.4) is 0 Å². The van der Waals surface area contributed by atoms with Crippen LogP contribution in [0.15, 0.2) is 30.9 Å². The molecule has 2 aromatic rings. The summed E-state index contributed by atoms with van der Waals surface area (Å²) in [5, 5.41) is 18.4. The fourth-order valence-corrected chi connectivity index (χ4v) is 5.82. The summed E-state index contributed by atoms with van der Waals surface area (Å²) in [4.78, 5) is 23.8. The van der Waals surface area contributed by atoms with E-state index in [1.165, 1.54) is 25.6 Å². The van der Waals surface area contributed by atoms with E-state index in [1.807, 2.05) is 0 Å². The highest BCUT2D eigenvalue weighted by Crippen LogP contribution is 2.57. The van der Waals surface area contributed by atoms with Crippen molar-refractivity contribution in [2.24, 2.45) is 17.8 Å². The molecule has 2 heterocycles. The zero-order valence-corrected chi connectivity index (χ0v) is 15.0. The number of pyridine rings is 1. The van der Waals surface area contributed by atoms with Gasteiger partial charge in [-0.05, 0) is 68.4 Å². The Balaban J connectivity index is 1.47. The van der Waals surface area contributed by atoms with Gasteiger partial charge in [-0.25, -0.2) is 9.97 Å². The van der Waals surface area contributed by atoms with E-state index in [4.69, 9.17) is 0 Å². The Morgan fingerprint density at radius 3 is 2.19 bits per heavy atom. The molecule has 27 heavy (non-hydrogen) atoms. The van der Waals surface area contributed by atoms with Crippen LogP contribution in [0.4, 0.5) is 23.0 Å². The van der Waals surface area contributed by atoms with Crippen molar-refractivity contribution in [2.45, 2.75) is 44.1 Å². The van der Waals surface area contributed by atoms with Crippen molar-refractivity contribution < 1.29 is 4.92 Å². The first-order valence-corrected chi connectivity index (χ1v) is 9.55. The summed E-state index contributed by atoms with van der Waals surface area (Å²) in [6.07, 6.45) is 11.9. The zero-order chi connectivity index (χ0) is 18.4. The Morgan fingerprint density at radius 2 is 1.59 bits per heavy atom. The van der Waals surface area contributed by atoms with Gasteiger partial charge in [0.1, 0.15) is 6.33 Å². The lowest BCUT2D eigenvalue weighted by Gasteiger charge is -2.57. The van der Waals surface area contributed by atoms with Crippen LogP contribution in [0, 0.1) is 27.9 Å². The minimum Gasteiger partial charge on any atom is -0.359 e. The highest BCUT2D eigenvalue weighted by atomic mass is 16.6. The molecule has 4 saturated carbocycles. The van der Waals surface area contributed by atoms with E-state index >= 15 is 0 Å². The molecule has 0 aliphatic heterocycles. The van der Waals surface area contributed by atoms with E-state index in [0.717, 1.165) is 37.0 Å². The Labute approximate surface area is 157 Å². The minimum atomic E-state index is -0.396. The average molecular weight is 366 g/mol. The molecule has 0 spiro atoms. The van der Waals surface area contributed by atoms with Gasteiger partial charge in [0, 0.05) is 23.6 Å². The molecule has 4 bridgehead atoms. The molecule has 6 rings (SSSR count). The smallest absolute Gasteiger partial charge is 0.353 e. The summed E-state index contributed by atoms with van der Waals surface area (Å²) in [7, 11) is 0. The van der Waals surface area contributed by atoms with Crippen molar-refractivity contribution in [2.75, 3.05) is 10.6 Å². The van der Waals surface area contributed by atoms with Gasteiger partial charge in [-0.2, -0.15) is 0 Å². The van der Waals surface area contributed by atoms with Crippen LogP contribution in [-0.2, 0) is 0 Å². The lowest BCUT2D eigenvalue weighted by Crippen LogP contribution is -2.55. The van der Waals surface area contributed by atoms with E-state index in [0.29, 0.717) is 11.5 Å². The van der Waals surface area contributed by atoms with Gasteiger partial charge in [0.05, 0.1) is 4.92 Å². The molecule has 2 N–H and O–H groups in total. The third-order valence-corrected chi connectivity index (χ3v) is 6.37. The van der Waals surface area contributed by atoms with Gasteiger partial charge in [-0.3, -0.25) is 15.1 Å². The number of nitrogens with one attached hydrogen (secondary N) is 2. The minimum absolute atomic E-state index is 0.0538. The summed E-state index contributed by atoms with van der Waals surface area (Å²) >= 11 is 0. The van der Waals surface area contributed by atoms with Crippen LogP contribution in [-0.4, -0.2) is 25.4 Å². The van der Waals surface area contributed by atoms with E-state index < -0.39 is 4.92 Å². The molecular formula is C19H22N6O2. The first-order valence-electron chi connectivity index (χ1n) is 9.55. The molecule has 4 aliphatic rings. The second-order valence-corrected chi connectivity index (χ2v) is 8.36. The normalized spacial score (nSPS) is 30.9. The van der Waals surface area contributed by atoms with Gasteiger partial charge in [0.25, 0.3) is 0 Å². The van der Waals surface area contributed by atoms with E-state index in [2.05, 4.69) is 25.6 Å². The summed E-state index contributed by atoms with van der Waals surface area (Å²) in [6, 6.07) is 3.50. The van der Waals surface area contributed by atoms with Gasteiger partial charge in [-0.15, -0.1) is 0 Å². The van der Waals surface area contributed by atoms with Crippen LogP contribution in [0.1, 0.15) is 38.5 Å². The van der Waals surface area contributed by atoms with Crippen LogP contribution in [0.25, 0.3) is 0 Å². The molecule has 0 unspecified atom stereocenters. The maximum absolute atomic E-state index is 11.9. The number of hydrogen-bond acceptors (Lipinski definition) is 7. The van der Waals surface area contributed by atoms with E-state index in [-0.39, 0.29) is 17.0 Å². The Kier molecular flexibility index (Phi) is 3.73. The van der Waals surface area contributed by atoms with Crippen LogP contribution in [0.2, 0.25) is 0 Å². The van der Waals surface area contributed by atoms with Crippen molar-refractivity contribution >= 4 is 23.0 Å². The highest BCUT2D eigenvalue weighted by Gasteiger charge is 2.51. The molecular weight excluding hydrogens is 344 g/mol. The Hall–Kier alpha value is -2.77. The second-order valence-electron chi connectivity index (χ2n) is 8.36. The fourth-order valence-electron chi connectivity index (χ4n) is 5.82. The molecule has 8 nitrogen and oxygen atoms in total. The number of nitro groups is 1. The van der Waals surface area contributed by atoms with Crippen LogP contribution < -0.4 is 10.6 Å². The number of nitrogens with zero attached hydrogens (tertiary/aromatic N) is 4. The quantitative estimate of drug-likeness (QED) is 0.610. The maximum atomic E-state index is 11.9. The predicted molar refractivity (Wildman–Crippen MR) is 101 cm³/mol. The number of hydrogen-bond donors (Lipinski definition) is 2. The third-order valence-electron chi connectivity index (χ3n) is 6.37. The lowest BCUT2D eigenvalue weighted by molar-refractivity contribution is -0.383. The topological polar surface area (TPSA) is 106 Å². The molecule has 2 aromatic heterocycles. The average Bonchev–Trinajstić information content (AvgIpc) is 2.61. The van der Waals surface area contributed by atoms with Crippen molar-refractivity contribution in [1.82, 2.24) is 15.0 Å². The second kappa shape index (κ2) is 6.14. The van der Waals surface area contributed by atoms with E-state index in [1.54, 1.807) is 24.5 Å². The monoisotopic (exact) mass is 366 g/mol. The molecule has 0 aromatic carbocycles. The first-order chi connectivity index (χ1) is 13.1. The van der Waals surface area contributed by atoms with Crippen molar-refractivity contribution in [3.8, 4) is 0 Å². The molecule has 0 saturated heterocycles. The SMILES string of the molecule is O=[N+]([O-])c1c(Nc2ccncc2)ncnc1NC12CC3CC(CC(C3)C1)C2. The predicted octanol–water partition coefficient (Wildman–Crippen LogP) is 3.90. The number of anilines is 3. The molecule has 140 valence electrons. The summed E-state index contributed by atoms with van der Waals surface area (Å²) in [5.74, 6) is 2.78. The van der Waals surface area contributed by atoms with Crippen molar-refractivity contribution in [1.29, 1.82) is 0 Å². The van der Waals surface area contributed by atoms with Crippen LogP contribution in [0.5, 0.6) is 0 Å². The zero-order valence-electron chi connectivity index (χ0n) is 15.0. The van der Waals surface area contributed by atoms with Gasteiger partial charge in [0.15, 0.2) is 0 Å². The van der Waals surface area contributed by atoms with E-state index in [9.17, 15) is 10.1 Å². The van der Waals surface area contributed by atoms with Crippen molar-refractivity contribution in [3.63, 3.8) is 0 Å². The Bertz CT molecular complexity index is 836. The summed E-state index contributed by atoms with van der Waals surface area (Å²) < 4.78 is 0. The molecule has 4 fully saturated rings. The first kappa shape index (κ1) is 16.4. The van der Waals surface area contributed by atoms with Crippen LogP contribution >= 0.6 is 0 Å². The molecule has 0 atom stereocenters. The van der Waals surface area contributed by atoms with Gasteiger partial charge < -0.3 is 10.6 Å². The molecule has 4 aliphatic carbocycles. The third kappa shape index (κ3) is 2.98. The number of rotatable bonds is 5. The Morgan fingerprint density at radius 1 is 1.00 bits per heavy atom. The van der Waals surface area contributed by atoms with Gasteiger partial charge in [-0.1, -0.05) is 0 Å². The van der Waals surface area contributed by atoms with Crippen molar-refractivity contribution in [3.05, 3.63) is 41.0 Å². The van der Waals surface area contributed by atoms with Gasteiger partial charge >= 0.3 is 5.69 Å². The standard InChI is InChI=1S/C19H22N6O2/c26-25(27)16-17(23-15-1-3-20-4-2-15)21-11-22-18(16)24-19-8-12-5-13(9-19)7-14(6-12)10-19/h1-4,11-14H,5-10H2,(H2,20,21,22,23,24). The molecule has 0 amide bonds. The largest absolute Gasteiger partial charge is 0.359 e. The highest BCUT2D eigenvalue weighted by molar-refractivity contribution is 5.74. The molecule has 0 radical (unpaired) electrons. The molecule has 8 heteroatoms. The number of aromatic nitrogens is 3.